The minimum absolute atomic E-state index is 0.0817. The first-order valence-electron chi connectivity index (χ1n) is 6.73. The minimum atomic E-state index is -0.0817. The second-order valence-electron chi connectivity index (χ2n) is 4.72. The second-order valence-corrected chi connectivity index (χ2v) is 5.75. The van der Waals surface area contributed by atoms with E-state index in [1.807, 2.05) is 35.7 Å². The Hall–Kier alpha value is -2.27. The van der Waals surface area contributed by atoms with E-state index in [-0.39, 0.29) is 5.91 Å². The highest BCUT2D eigenvalue weighted by Crippen LogP contribution is 2.21. The molecule has 0 saturated carbocycles. The molecule has 1 aromatic carbocycles. The predicted octanol–water partition coefficient (Wildman–Crippen LogP) is 3.21. The summed E-state index contributed by atoms with van der Waals surface area (Å²) in [5.74, 6) is 0.690. The van der Waals surface area contributed by atoms with E-state index in [1.165, 1.54) is 4.88 Å². The highest BCUT2D eigenvalue weighted by Gasteiger charge is 2.09. The SMILES string of the molecule is COc1ccc2cc(C(=O)NCCc3cccs3)[nH]c2c1. The number of amides is 1. The Labute approximate surface area is 126 Å². The molecule has 21 heavy (non-hydrogen) atoms. The van der Waals surface area contributed by atoms with Crippen LogP contribution < -0.4 is 10.1 Å². The summed E-state index contributed by atoms with van der Waals surface area (Å²) < 4.78 is 5.18. The van der Waals surface area contributed by atoms with Crippen molar-refractivity contribution < 1.29 is 9.53 Å². The number of aromatic nitrogens is 1. The number of hydrogen-bond donors (Lipinski definition) is 2. The normalized spacial score (nSPS) is 10.7. The molecule has 2 aromatic heterocycles. The van der Waals surface area contributed by atoms with Gasteiger partial charge in [0.05, 0.1) is 7.11 Å². The predicted molar refractivity (Wildman–Crippen MR) is 85.2 cm³/mol. The molecular weight excluding hydrogens is 284 g/mol. The van der Waals surface area contributed by atoms with Crippen molar-refractivity contribution in [1.82, 2.24) is 10.3 Å². The maximum atomic E-state index is 12.1. The zero-order valence-corrected chi connectivity index (χ0v) is 12.5. The summed E-state index contributed by atoms with van der Waals surface area (Å²) in [6.45, 7) is 0.637. The van der Waals surface area contributed by atoms with E-state index in [0.717, 1.165) is 23.1 Å². The minimum Gasteiger partial charge on any atom is -0.497 e. The molecule has 3 aromatic rings. The topological polar surface area (TPSA) is 54.1 Å². The van der Waals surface area contributed by atoms with Gasteiger partial charge in [-0.3, -0.25) is 4.79 Å². The molecule has 0 aliphatic rings. The van der Waals surface area contributed by atoms with Gasteiger partial charge in [-0.2, -0.15) is 0 Å². The van der Waals surface area contributed by atoms with E-state index in [2.05, 4.69) is 16.4 Å². The largest absolute Gasteiger partial charge is 0.497 e. The lowest BCUT2D eigenvalue weighted by atomic mass is 10.2. The number of carbonyl (C=O) groups excluding carboxylic acids is 1. The summed E-state index contributed by atoms with van der Waals surface area (Å²) in [7, 11) is 1.63. The van der Waals surface area contributed by atoms with Gasteiger partial charge >= 0.3 is 0 Å². The van der Waals surface area contributed by atoms with Crippen molar-refractivity contribution in [2.24, 2.45) is 0 Å². The van der Waals surface area contributed by atoms with Crippen molar-refractivity contribution in [3.05, 3.63) is 52.3 Å². The molecule has 0 aliphatic heterocycles. The zero-order valence-electron chi connectivity index (χ0n) is 11.7. The fraction of sp³-hybridized carbons (Fsp3) is 0.188. The number of aromatic amines is 1. The maximum Gasteiger partial charge on any atom is 0.267 e. The monoisotopic (exact) mass is 300 g/mol. The molecule has 0 spiro atoms. The third-order valence-corrected chi connectivity index (χ3v) is 4.25. The molecule has 0 saturated heterocycles. The summed E-state index contributed by atoms with van der Waals surface area (Å²) >= 11 is 1.71. The first-order valence-corrected chi connectivity index (χ1v) is 7.61. The lowest BCUT2D eigenvalue weighted by molar-refractivity contribution is 0.0950. The van der Waals surface area contributed by atoms with Gasteiger partial charge in [-0.1, -0.05) is 6.07 Å². The zero-order chi connectivity index (χ0) is 14.7. The van der Waals surface area contributed by atoms with Crippen molar-refractivity contribution in [1.29, 1.82) is 0 Å². The number of nitrogens with one attached hydrogen (secondary N) is 2. The highest BCUT2D eigenvalue weighted by atomic mass is 32.1. The van der Waals surface area contributed by atoms with Gasteiger partial charge in [-0.05, 0) is 36.1 Å². The Bertz CT molecular complexity index is 747. The fourth-order valence-electron chi connectivity index (χ4n) is 2.20. The number of hydrogen-bond acceptors (Lipinski definition) is 3. The van der Waals surface area contributed by atoms with E-state index >= 15 is 0 Å². The molecule has 0 aliphatic carbocycles. The molecular formula is C16H16N2O2S. The van der Waals surface area contributed by atoms with Crippen LogP contribution in [0.1, 0.15) is 15.4 Å². The van der Waals surface area contributed by atoms with Gasteiger partial charge in [-0.15, -0.1) is 11.3 Å². The van der Waals surface area contributed by atoms with Crippen LogP contribution in [0.4, 0.5) is 0 Å². The van der Waals surface area contributed by atoms with Gasteiger partial charge in [0.1, 0.15) is 11.4 Å². The van der Waals surface area contributed by atoms with Crippen molar-refractivity contribution in [2.75, 3.05) is 13.7 Å². The second kappa shape index (κ2) is 6.01. The molecule has 1 amide bonds. The molecule has 108 valence electrons. The Balaban J connectivity index is 1.66. The number of carbonyl (C=O) groups is 1. The van der Waals surface area contributed by atoms with E-state index in [9.17, 15) is 4.79 Å². The number of benzene rings is 1. The standard InChI is InChI=1S/C16H16N2O2S/c1-20-12-5-4-11-9-15(18-14(11)10-12)16(19)17-7-6-13-3-2-8-21-13/h2-5,8-10,18H,6-7H2,1H3,(H,17,19). The molecule has 2 N–H and O–H groups in total. The molecule has 0 fully saturated rings. The molecule has 0 bridgehead atoms. The third-order valence-electron chi connectivity index (χ3n) is 3.31. The van der Waals surface area contributed by atoms with Gasteiger partial charge in [0.2, 0.25) is 0 Å². The Morgan fingerprint density at radius 2 is 2.24 bits per heavy atom. The summed E-state index contributed by atoms with van der Waals surface area (Å²) in [6.07, 6.45) is 0.859. The third kappa shape index (κ3) is 3.08. The van der Waals surface area contributed by atoms with Crippen molar-refractivity contribution >= 4 is 28.1 Å². The van der Waals surface area contributed by atoms with Gasteiger partial charge in [0.15, 0.2) is 0 Å². The Kier molecular flexibility index (Phi) is 3.92. The quantitative estimate of drug-likeness (QED) is 0.760. The van der Waals surface area contributed by atoms with E-state index in [1.54, 1.807) is 18.4 Å². The first kappa shape index (κ1) is 13.7. The number of ether oxygens (including phenoxy) is 1. The van der Waals surface area contributed by atoms with Gasteiger partial charge in [0.25, 0.3) is 5.91 Å². The van der Waals surface area contributed by atoms with E-state index in [0.29, 0.717) is 12.2 Å². The van der Waals surface area contributed by atoms with Crippen LogP contribution in [0, 0.1) is 0 Å². The number of fused-ring (bicyclic) bond motifs is 1. The lowest BCUT2D eigenvalue weighted by Crippen LogP contribution is -2.25. The maximum absolute atomic E-state index is 12.1. The Morgan fingerprint density at radius 1 is 1.33 bits per heavy atom. The van der Waals surface area contributed by atoms with E-state index in [4.69, 9.17) is 4.74 Å². The average Bonchev–Trinajstić information content (AvgIpc) is 3.15. The van der Waals surface area contributed by atoms with E-state index < -0.39 is 0 Å². The molecule has 3 rings (SSSR count). The van der Waals surface area contributed by atoms with Crippen LogP contribution in [-0.4, -0.2) is 24.5 Å². The van der Waals surface area contributed by atoms with Crippen LogP contribution in [0.5, 0.6) is 5.75 Å². The number of thiophene rings is 1. The number of rotatable bonds is 5. The lowest BCUT2D eigenvalue weighted by Gasteiger charge is -2.02. The van der Waals surface area contributed by atoms with Crippen LogP contribution in [-0.2, 0) is 6.42 Å². The molecule has 4 nitrogen and oxygen atoms in total. The van der Waals surface area contributed by atoms with Gasteiger partial charge in [0, 0.05) is 28.4 Å². The number of H-pyrrole nitrogens is 1. The highest BCUT2D eigenvalue weighted by molar-refractivity contribution is 7.09. The summed E-state index contributed by atoms with van der Waals surface area (Å²) in [5.41, 5.74) is 1.47. The molecule has 2 heterocycles. The van der Waals surface area contributed by atoms with Crippen molar-refractivity contribution in [2.45, 2.75) is 6.42 Å². The summed E-state index contributed by atoms with van der Waals surface area (Å²) in [4.78, 5) is 16.5. The van der Waals surface area contributed by atoms with Crippen LogP contribution in [0.15, 0.2) is 41.8 Å². The van der Waals surface area contributed by atoms with Crippen LogP contribution in [0.3, 0.4) is 0 Å². The van der Waals surface area contributed by atoms with Crippen molar-refractivity contribution in [3.8, 4) is 5.75 Å². The average molecular weight is 300 g/mol. The fourth-order valence-corrected chi connectivity index (χ4v) is 2.91. The van der Waals surface area contributed by atoms with Crippen LogP contribution in [0.2, 0.25) is 0 Å². The van der Waals surface area contributed by atoms with Crippen LogP contribution >= 0.6 is 11.3 Å². The Morgan fingerprint density at radius 3 is 3.00 bits per heavy atom. The van der Waals surface area contributed by atoms with Crippen molar-refractivity contribution in [3.63, 3.8) is 0 Å². The number of methoxy groups -OCH3 is 1. The van der Waals surface area contributed by atoms with Gasteiger partial charge < -0.3 is 15.0 Å². The smallest absolute Gasteiger partial charge is 0.267 e. The van der Waals surface area contributed by atoms with Gasteiger partial charge in [-0.25, -0.2) is 0 Å². The molecule has 0 atom stereocenters. The van der Waals surface area contributed by atoms with Crippen LogP contribution in [0.25, 0.3) is 10.9 Å². The summed E-state index contributed by atoms with van der Waals surface area (Å²) in [5, 5.41) is 5.98. The summed E-state index contributed by atoms with van der Waals surface area (Å²) in [6, 6.07) is 11.7. The molecule has 5 heteroatoms. The molecule has 0 unspecified atom stereocenters. The first-order chi connectivity index (χ1) is 10.3. The molecule has 0 radical (unpaired) electrons.